The van der Waals surface area contributed by atoms with Crippen LogP contribution in [0.25, 0.3) is 133 Å². The molecule has 0 saturated carbocycles. The summed E-state index contributed by atoms with van der Waals surface area (Å²) in [6.45, 7) is 0. The molecule has 0 bridgehead atoms. The maximum atomic E-state index is 11.4. The highest BCUT2D eigenvalue weighted by atomic mass is 16.3. The monoisotopic (exact) mass is 844 g/mol. The van der Waals surface area contributed by atoms with Crippen molar-refractivity contribution in [1.82, 2.24) is 24.1 Å². The van der Waals surface area contributed by atoms with Crippen LogP contribution < -0.4 is 0 Å². The van der Waals surface area contributed by atoms with E-state index in [2.05, 4.69) is 100 Å². The first-order chi connectivity index (χ1) is 32.7. The third-order valence-electron chi connectivity index (χ3n) is 13.0. The maximum Gasteiger partial charge on any atom is 0.166 e. The summed E-state index contributed by atoms with van der Waals surface area (Å²) in [5.41, 5.74) is 11.3. The fourth-order valence-electron chi connectivity index (χ4n) is 10.1. The van der Waals surface area contributed by atoms with Crippen molar-refractivity contribution in [2.75, 3.05) is 0 Å². The van der Waals surface area contributed by atoms with E-state index in [1.807, 2.05) is 109 Å². The minimum atomic E-state index is 0.433. The number of nitrogens with zero attached hydrogens (tertiary/aromatic N) is 6. The van der Waals surface area contributed by atoms with E-state index < -0.39 is 0 Å². The zero-order chi connectivity index (χ0) is 43.5. The van der Waals surface area contributed by atoms with Crippen molar-refractivity contribution < 1.29 is 8.83 Å². The molecule has 5 aromatic heterocycles. The van der Waals surface area contributed by atoms with E-state index in [0.717, 1.165) is 104 Å². The fourth-order valence-corrected chi connectivity index (χ4v) is 10.1. The highest BCUT2D eigenvalue weighted by Crippen LogP contribution is 2.45. The largest absolute Gasteiger partial charge is 0.455 e. The number of furan rings is 2. The zero-order valence-electron chi connectivity index (χ0n) is 35.0. The van der Waals surface area contributed by atoms with Crippen LogP contribution in [0.15, 0.2) is 203 Å². The Morgan fingerprint density at radius 2 is 0.818 bits per heavy atom. The van der Waals surface area contributed by atoms with E-state index in [4.69, 9.17) is 23.8 Å². The molecule has 0 radical (unpaired) electrons. The smallest absolute Gasteiger partial charge is 0.166 e. The summed E-state index contributed by atoms with van der Waals surface area (Å²) in [5.74, 6) is 1.48. The number of hydrogen-bond donors (Lipinski definition) is 0. The highest BCUT2D eigenvalue weighted by molar-refractivity contribution is 6.25. The molecular formula is C58H32N6O2. The van der Waals surface area contributed by atoms with Crippen LogP contribution in [-0.4, -0.2) is 24.1 Å². The molecule has 0 atom stereocenters. The number of para-hydroxylation sites is 4. The zero-order valence-corrected chi connectivity index (χ0v) is 35.0. The summed E-state index contributed by atoms with van der Waals surface area (Å²) in [6, 6.07) is 68.3. The van der Waals surface area contributed by atoms with Gasteiger partial charge in [0, 0.05) is 49.0 Å². The van der Waals surface area contributed by atoms with Crippen molar-refractivity contribution in [3.8, 4) is 51.6 Å². The van der Waals surface area contributed by atoms with E-state index in [9.17, 15) is 5.26 Å². The molecule has 0 fully saturated rings. The third-order valence-corrected chi connectivity index (χ3v) is 13.0. The van der Waals surface area contributed by atoms with Gasteiger partial charge in [0.2, 0.25) is 0 Å². The lowest BCUT2D eigenvalue weighted by Gasteiger charge is -2.18. The van der Waals surface area contributed by atoms with Gasteiger partial charge in [0.25, 0.3) is 0 Å². The molecule has 0 saturated heterocycles. The first kappa shape index (κ1) is 36.2. The SMILES string of the molecule is N#Cc1cc(-c2nc(-c3ccccc3)nc(-c3ccccc3)n2)c(-n2c3ccccc3c3c4oc5ccccc5c4ccc32)cc1-n1c2ccccc2c2c3oc4ccccc4c3ccc21. The first-order valence-electron chi connectivity index (χ1n) is 21.8. The third kappa shape index (κ3) is 5.16. The predicted molar refractivity (Wildman–Crippen MR) is 264 cm³/mol. The second-order valence-electron chi connectivity index (χ2n) is 16.6. The first-order valence-corrected chi connectivity index (χ1v) is 21.8. The number of benzene rings is 9. The fraction of sp³-hybridized carbons (Fsp3) is 0. The number of nitriles is 1. The van der Waals surface area contributed by atoms with Crippen LogP contribution in [0.5, 0.6) is 0 Å². The highest BCUT2D eigenvalue weighted by Gasteiger charge is 2.26. The van der Waals surface area contributed by atoms with Crippen molar-refractivity contribution >= 4 is 87.5 Å². The lowest BCUT2D eigenvalue weighted by molar-refractivity contribution is 0.672. The van der Waals surface area contributed by atoms with Crippen LogP contribution in [0.1, 0.15) is 5.56 Å². The summed E-state index contributed by atoms with van der Waals surface area (Å²) < 4.78 is 17.9. The van der Waals surface area contributed by atoms with Crippen LogP contribution in [0.2, 0.25) is 0 Å². The van der Waals surface area contributed by atoms with Gasteiger partial charge in [-0.3, -0.25) is 0 Å². The van der Waals surface area contributed by atoms with E-state index >= 15 is 0 Å². The summed E-state index contributed by atoms with van der Waals surface area (Å²) >= 11 is 0. The average Bonchev–Trinajstić information content (AvgIpc) is 4.14. The molecule has 9 aromatic carbocycles. The Morgan fingerprint density at radius 3 is 1.33 bits per heavy atom. The number of hydrogen-bond acceptors (Lipinski definition) is 6. The number of rotatable bonds is 5. The molecule has 0 amide bonds. The van der Waals surface area contributed by atoms with E-state index in [-0.39, 0.29) is 0 Å². The van der Waals surface area contributed by atoms with Crippen molar-refractivity contribution in [2.45, 2.75) is 0 Å². The molecule has 5 heterocycles. The van der Waals surface area contributed by atoms with Crippen molar-refractivity contribution in [3.63, 3.8) is 0 Å². The van der Waals surface area contributed by atoms with Gasteiger partial charge in [-0.2, -0.15) is 5.26 Å². The second kappa shape index (κ2) is 13.8. The summed E-state index contributed by atoms with van der Waals surface area (Å²) in [4.78, 5) is 15.5. The lowest BCUT2D eigenvalue weighted by atomic mass is 10.0. The van der Waals surface area contributed by atoms with Crippen LogP contribution >= 0.6 is 0 Å². The van der Waals surface area contributed by atoms with Gasteiger partial charge in [0.15, 0.2) is 17.5 Å². The van der Waals surface area contributed by atoms with Gasteiger partial charge in [0.05, 0.1) is 49.8 Å². The maximum absolute atomic E-state index is 11.4. The van der Waals surface area contributed by atoms with E-state index in [1.165, 1.54) is 0 Å². The second-order valence-corrected chi connectivity index (χ2v) is 16.6. The Hall–Kier alpha value is -9.32. The lowest BCUT2D eigenvalue weighted by Crippen LogP contribution is -2.07. The number of fused-ring (bicyclic) bond motifs is 14. The molecule has 66 heavy (non-hydrogen) atoms. The standard InChI is InChI=1S/C58H32N6O2/c59-33-36-31-43(58-61-56(34-15-3-1-4-16-34)60-57(62-58)35-17-5-2-6-18-35)49(64-45-24-12-8-22-42(45)53-47(64)30-28-40-38-20-10-14-26-51(38)66-55(40)53)32-48(36)63-44-23-11-7-21-41(44)52-46(63)29-27-39-37-19-9-13-25-50(37)65-54(39)52/h1-32H. The van der Waals surface area contributed by atoms with Crippen molar-refractivity contribution in [2.24, 2.45) is 0 Å². The van der Waals surface area contributed by atoms with Crippen LogP contribution in [0.3, 0.4) is 0 Å². The molecule has 0 aliphatic heterocycles. The minimum absolute atomic E-state index is 0.433. The molecular weight excluding hydrogens is 813 g/mol. The quantitative estimate of drug-likeness (QED) is 0.171. The van der Waals surface area contributed by atoms with Crippen molar-refractivity contribution in [1.29, 1.82) is 5.26 Å². The Kier molecular flexibility index (Phi) is 7.59. The van der Waals surface area contributed by atoms with Gasteiger partial charge in [-0.25, -0.2) is 15.0 Å². The van der Waals surface area contributed by atoms with E-state index in [1.54, 1.807) is 0 Å². The van der Waals surface area contributed by atoms with Crippen molar-refractivity contribution in [3.05, 3.63) is 200 Å². The van der Waals surface area contributed by atoms with Gasteiger partial charge < -0.3 is 18.0 Å². The minimum Gasteiger partial charge on any atom is -0.455 e. The summed E-state index contributed by atoms with van der Waals surface area (Å²) in [7, 11) is 0. The Balaban J connectivity index is 1.14. The van der Waals surface area contributed by atoms with Crippen LogP contribution in [0, 0.1) is 11.3 Å². The molecule has 8 heteroatoms. The van der Waals surface area contributed by atoms with Gasteiger partial charge in [-0.05, 0) is 60.7 Å². The van der Waals surface area contributed by atoms with Gasteiger partial charge in [0.1, 0.15) is 28.4 Å². The Labute approximate surface area is 375 Å². The average molecular weight is 845 g/mol. The molecule has 8 nitrogen and oxygen atoms in total. The Bertz CT molecular complexity index is 4300. The Morgan fingerprint density at radius 1 is 0.379 bits per heavy atom. The summed E-state index contributed by atoms with van der Waals surface area (Å²) in [6.07, 6.45) is 0. The molecule has 0 unspecified atom stereocenters. The normalized spacial score (nSPS) is 11.9. The van der Waals surface area contributed by atoms with Gasteiger partial charge >= 0.3 is 0 Å². The summed E-state index contributed by atoms with van der Waals surface area (Å²) in [5, 5.41) is 19.6. The van der Waals surface area contributed by atoms with Crippen LogP contribution in [0.4, 0.5) is 0 Å². The molecule has 0 aliphatic carbocycles. The van der Waals surface area contributed by atoms with Gasteiger partial charge in [-0.15, -0.1) is 0 Å². The molecule has 306 valence electrons. The van der Waals surface area contributed by atoms with Gasteiger partial charge in [-0.1, -0.05) is 133 Å². The molecule has 0 N–H and O–H groups in total. The number of aromatic nitrogens is 5. The predicted octanol–water partition coefficient (Wildman–Crippen LogP) is 14.7. The topological polar surface area (TPSA) is 98.6 Å². The van der Waals surface area contributed by atoms with E-state index in [0.29, 0.717) is 34.3 Å². The van der Waals surface area contributed by atoms with Crippen LogP contribution in [-0.2, 0) is 0 Å². The molecule has 14 rings (SSSR count). The molecule has 0 aliphatic rings. The molecule has 14 aromatic rings. The molecule has 0 spiro atoms.